The smallest absolute Gasteiger partial charge is 0.226 e. The number of likely N-dealkylation sites (tertiary alicyclic amines) is 1. The van der Waals surface area contributed by atoms with Crippen molar-refractivity contribution in [2.45, 2.75) is 25.0 Å². The first-order valence-electron chi connectivity index (χ1n) is 6.99. The van der Waals surface area contributed by atoms with E-state index < -0.39 is 0 Å². The summed E-state index contributed by atoms with van der Waals surface area (Å²) in [4.78, 5) is 13.8. The number of benzene rings is 1. The van der Waals surface area contributed by atoms with E-state index in [1.807, 2.05) is 0 Å². The maximum Gasteiger partial charge on any atom is 0.226 e. The number of carbonyl (C=O) groups excluding carboxylic acids is 1. The zero-order valence-electron chi connectivity index (χ0n) is 12.0. The number of aliphatic hydroxyl groups is 1. The molecule has 1 aromatic carbocycles. The number of ether oxygens (including phenoxy) is 1. The molecule has 1 aromatic rings. The van der Waals surface area contributed by atoms with E-state index in [1.54, 1.807) is 36.3 Å². The molecule has 1 aliphatic heterocycles. The average Bonchev–Trinajstić information content (AvgIpc) is 2.92. The third kappa shape index (κ3) is 4.12. The number of rotatable bonds is 5. The SMILES string of the molecule is CO[C@@H]1C[C@@H](CO)N(C(=O)C/C=C/c2ccc(F)cc2)C1. The van der Waals surface area contributed by atoms with Gasteiger partial charge in [-0.1, -0.05) is 24.3 Å². The molecule has 21 heavy (non-hydrogen) atoms. The number of aliphatic hydroxyl groups excluding tert-OH is 1. The van der Waals surface area contributed by atoms with Crippen molar-refractivity contribution in [1.82, 2.24) is 4.90 Å². The van der Waals surface area contributed by atoms with Crippen LogP contribution >= 0.6 is 0 Å². The Bertz CT molecular complexity index is 501. The molecule has 1 N–H and O–H groups in total. The quantitative estimate of drug-likeness (QED) is 0.901. The summed E-state index contributed by atoms with van der Waals surface area (Å²) in [7, 11) is 1.61. The minimum absolute atomic E-state index is 0.00724. The lowest BCUT2D eigenvalue weighted by molar-refractivity contribution is -0.132. The van der Waals surface area contributed by atoms with Crippen LogP contribution in [0.25, 0.3) is 6.08 Å². The molecule has 1 saturated heterocycles. The Morgan fingerprint density at radius 2 is 2.19 bits per heavy atom. The molecule has 1 heterocycles. The average molecular weight is 293 g/mol. The van der Waals surface area contributed by atoms with Crippen LogP contribution in [0.5, 0.6) is 0 Å². The van der Waals surface area contributed by atoms with E-state index >= 15 is 0 Å². The molecule has 0 aliphatic carbocycles. The predicted molar refractivity (Wildman–Crippen MR) is 78.1 cm³/mol. The zero-order chi connectivity index (χ0) is 15.2. The fourth-order valence-corrected chi connectivity index (χ4v) is 2.51. The lowest BCUT2D eigenvalue weighted by atomic mass is 10.2. The molecule has 0 saturated carbocycles. The first-order valence-corrected chi connectivity index (χ1v) is 6.99. The summed E-state index contributed by atoms with van der Waals surface area (Å²) in [5, 5.41) is 9.33. The van der Waals surface area contributed by atoms with Gasteiger partial charge in [-0.05, 0) is 24.1 Å². The largest absolute Gasteiger partial charge is 0.394 e. The van der Waals surface area contributed by atoms with Crippen LogP contribution < -0.4 is 0 Å². The van der Waals surface area contributed by atoms with Crippen molar-refractivity contribution in [3.8, 4) is 0 Å². The van der Waals surface area contributed by atoms with Crippen LogP contribution in [0.1, 0.15) is 18.4 Å². The molecule has 0 radical (unpaired) electrons. The van der Waals surface area contributed by atoms with Crippen LogP contribution in [-0.4, -0.2) is 48.3 Å². The van der Waals surface area contributed by atoms with Gasteiger partial charge in [0.25, 0.3) is 0 Å². The summed E-state index contributed by atoms with van der Waals surface area (Å²) in [6, 6.07) is 5.91. The van der Waals surface area contributed by atoms with Gasteiger partial charge in [-0.2, -0.15) is 0 Å². The molecular formula is C16H20FNO3. The summed E-state index contributed by atoms with van der Waals surface area (Å²) in [5.41, 5.74) is 0.846. The highest BCUT2D eigenvalue weighted by molar-refractivity contribution is 5.79. The molecule has 5 heteroatoms. The van der Waals surface area contributed by atoms with Crippen molar-refractivity contribution < 1.29 is 19.0 Å². The summed E-state index contributed by atoms with van der Waals surface area (Å²) in [6.45, 7) is 0.470. The van der Waals surface area contributed by atoms with Crippen LogP contribution in [0.2, 0.25) is 0 Å². The molecule has 0 spiro atoms. The number of carbonyl (C=O) groups is 1. The van der Waals surface area contributed by atoms with Gasteiger partial charge in [0.1, 0.15) is 5.82 Å². The summed E-state index contributed by atoms with van der Waals surface area (Å²) >= 11 is 0. The summed E-state index contributed by atoms with van der Waals surface area (Å²) in [6.07, 6.45) is 4.46. The Balaban J connectivity index is 1.90. The maximum atomic E-state index is 12.8. The number of halogens is 1. The van der Waals surface area contributed by atoms with Gasteiger partial charge in [-0.25, -0.2) is 4.39 Å². The minimum atomic E-state index is -0.281. The highest BCUT2D eigenvalue weighted by Gasteiger charge is 2.34. The standard InChI is InChI=1S/C16H20FNO3/c1-21-15-9-14(11-19)18(10-15)16(20)4-2-3-12-5-7-13(17)8-6-12/h2-3,5-8,14-15,19H,4,9-11H2,1H3/b3-2+/t14-,15+/m0/s1. The summed E-state index contributed by atoms with van der Waals surface area (Å²) in [5.74, 6) is -0.316. The van der Waals surface area contributed by atoms with Crippen LogP contribution in [0.15, 0.2) is 30.3 Å². The highest BCUT2D eigenvalue weighted by Crippen LogP contribution is 2.20. The van der Waals surface area contributed by atoms with E-state index in [0.717, 1.165) is 5.56 Å². The normalized spacial score (nSPS) is 22.1. The molecule has 0 aromatic heterocycles. The lowest BCUT2D eigenvalue weighted by Gasteiger charge is -2.22. The van der Waals surface area contributed by atoms with Crippen molar-refractivity contribution in [3.63, 3.8) is 0 Å². The predicted octanol–water partition coefficient (Wildman–Crippen LogP) is 1.84. The van der Waals surface area contributed by atoms with Crippen LogP contribution in [0.3, 0.4) is 0 Å². The fraction of sp³-hybridized carbons (Fsp3) is 0.438. The third-order valence-corrected chi connectivity index (χ3v) is 3.71. The van der Waals surface area contributed by atoms with Crippen LogP contribution in [0.4, 0.5) is 4.39 Å². The van der Waals surface area contributed by atoms with Gasteiger partial charge < -0.3 is 14.7 Å². The van der Waals surface area contributed by atoms with E-state index in [-0.39, 0.29) is 36.9 Å². The van der Waals surface area contributed by atoms with E-state index in [4.69, 9.17) is 4.74 Å². The van der Waals surface area contributed by atoms with Gasteiger partial charge in [0.15, 0.2) is 0 Å². The first kappa shape index (κ1) is 15.7. The van der Waals surface area contributed by atoms with Crippen LogP contribution in [0, 0.1) is 5.82 Å². The molecule has 2 atom stereocenters. The molecule has 1 amide bonds. The van der Waals surface area contributed by atoms with Gasteiger partial charge in [0.05, 0.1) is 18.8 Å². The van der Waals surface area contributed by atoms with Crippen molar-refractivity contribution in [2.24, 2.45) is 0 Å². The number of methoxy groups -OCH3 is 1. The second-order valence-corrected chi connectivity index (χ2v) is 5.13. The van der Waals surface area contributed by atoms with Crippen molar-refractivity contribution >= 4 is 12.0 Å². The van der Waals surface area contributed by atoms with Crippen molar-refractivity contribution in [1.29, 1.82) is 0 Å². The molecular weight excluding hydrogens is 273 g/mol. The molecule has 4 nitrogen and oxygen atoms in total. The van der Waals surface area contributed by atoms with Gasteiger partial charge in [-0.15, -0.1) is 0 Å². The maximum absolute atomic E-state index is 12.8. The van der Waals surface area contributed by atoms with E-state index in [2.05, 4.69) is 0 Å². The molecule has 0 bridgehead atoms. The van der Waals surface area contributed by atoms with Crippen molar-refractivity contribution in [3.05, 3.63) is 41.7 Å². The fourth-order valence-electron chi connectivity index (χ4n) is 2.51. The van der Waals surface area contributed by atoms with E-state index in [0.29, 0.717) is 13.0 Å². The topological polar surface area (TPSA) is 49.8 Å². The van der Waals surface area contributed by atoms with E-state index in [1.165, 1.54) is 12.1 Å². The van der Waals surface area contributed by atoms with E-state index in [9.17, 15) is 14.3 Å². The Morgan fingerprint density at radius 1 is 1.48 bits per heavy atom. The Hall–Kier alpha value is -1.72. The van der Waals surface area contributed by atoms with Crippen molar-refractivity contribution in [2.75, 3.05) is 20.3 Å². The molecule has 1 aliphatic rings. The number of amides is 1. The second-order valence-electron chi connectivity index (χ2n) is 5.13. The first-order chi connectivity index (χ1) is 10.1. The molecule has 1 fully saturated rings. The Kier molecular flexibility index (Phi) is 5.47. The second kappa shape index (κ2) is 7.33. The van der Waals surface area contributed by atoms with Crippen LogP contribution in [-0.2, 0) is 9.53 Å². The zero-order valence-corrected chi connectivity index (χ0v) is 12.0. The highest BCUT2D eigenvalue weighted by atomic mass is 19.1. The Labute approximate surface area is 123 Å². The summed E-state index contributed by atoms with van der Waals surface area (Å²) < 4.78 is 18.0. The number of hydrogen-bond donors (Lipinski definition) is 1. The number of nitrogens with zero attached hydrogens (tertiary/aromatic N) is 1. The van der Waals surface area contributed by atoms with Gasteiger partial charge in [-0.3, -0.25) is 4.79 Å². The lowest BCUT2D eigenvalue weighted by Crippen LogP contribution is -2.37. The minimum Gasteiger partial charge on any atom is -0.394 e. The Morgan fingerprint density at radius 3 is 2.81 bits per heavy atom. The molecule has 114 valence electrons. The molecule has 0 unspecified atom stereocenters. The van der Waals surface area contributed by atoms with Gasteiger partial charge in [0, 0.05) is 20.1 Å². The third-order valence-electron chi connectivity index (χ3n) is 3.71. The van der Waals surface area contributed by atoms with Gasteiger partial charge >= 0.3 is 0 Å². The van der Waals surface area contributed by atoms with Gasteiger partial charge in [0.2, 0.25) is 5.91 Å². The molecule has 2 rings (SSSR count). The number of hydrogen-bond acceptors (Lipinski definition) is 3. The monoisotopic (exact) mass is 293 g/mol.